The number of furan rings is 1. The van der Waals surface area contributed by atoms with E-state index in [9.17, 15) is 0 Å². The fourth-order valence-electron chi connectivity index (χ4n) is 1.09. The largest absolute Gasteiger partial charge is 0.447 e. The van der Waals surface area contributed by atoms with E-state index in [0.717, 1.165) is 14.6 Å². The third-order valence-electron chi connectivity index (χ3n) is 1.83. The van der Waals surface area contributed by atoms with Gasteiger partial charge in [-0.1, -0.05) is 15.9 Å². The lowest BCUT2D eigenvalue weighted by Crippen LogP contribution is -1.73. The third-order valence-corrected chi connectivity index (χ3v) is 4.07. The van der Waals surface area contributed by atoms with Crippen molar-refractivity contribution in [2.45, 2.75) is 0 Å². The number of hydrogen-bond donors (Lipinski definition) is 0. The van der Waals surface area contributed by atoms with Gasteiger partial charge in [-0.3, -0.25) is 4.99 Å². The number of nitrogens with zero attached hydrogens (tertiary/aromatic N) is 1. The highest BCUT2D eigenvalue weighted by molar-refractivity contribution is 9.13. The molecular formula is C11H6Br3NO. The molecule has 1 aromatic heterocycles. The van der Waals surface area contributed by atoms with Crippen molar-refractivity contribution >= 4 is 59.7 Å². The van der Waals surface area contributed by atoms with Crippen LogP contribution >= 0.6 is 47.8 Å². The summed E-state index contributed by atoms with van der Waals surface area (Å²) < 4.78 is 7.96. The normalized spacial score (nSPS) is 11.2. The van der Waals surface area contributed by atoms with Crippen LogP contribution in [0.5, 0.6) is 0 Å². The van der Waals surface area contributed by atoms with E-state index in [1.54, 1.807) is 6.21 Å². The Bertz CT molecular complexity index is 497. The van der Waals surface area contributed by atoms with E-state index < -0.39 is 0 Å². The summed E-state index contributed by atoms with van der Waals surface area (Å²) in [6.07, 6.45) is 1.68. The van der Waals surface area contributed by atoms with Gasteiger partial charge in [-0.2, -0.15) is 0 Å². The van der Waals surface area contributed by atoms with Crippen LogP contribution in [-0.2, 0) is 0 Å². The summed E-state index contributed by atoms with van der Waals surface area (Å²) in [4.78, 5) is 4.29. The Balaban J connectivity index is 2.17. The molecule has 0 aliphatic rings. The number of rotatable bonds is 2. The van der Waals surface area contributed by atoms with Crippen molar-refractivity contribution < 1.29 is 4.42 Å². The van der Waals surface area contributed by atoms with Gasteiger partial charge in [-0.25, -0.2) is 0 Å². The monoisotopic (exact) mass is 405 g/mol. The van der Waals surface area contributed by atoms with Crippen LogP contribution in [0.2, 0.25) is 0 Å². The van der Waals surface area contributed by atoms with Gasteiger partial charge in [0.05, 0.1) is 16.4 Å². The molecule has 0 aliphatic carbocycles. The maximum Gasteiger partial charge on any atom is 0.184 e. The first-order valence-electron chi connectivity index (χ1n) is 4.39. The van der Waals surface area contributed by atoms with E-state index in [4.69, 9.17) is 4.42 Å². The van der Waals surface area contributed by atoms with Crippen molar-refractivity contribution in [1.29, 1.82) is 0 Å². The van der Waals surface area contributed by atoms with Gasteiger partial charge >= 0.3 is 0 Å². The van der Waals surface area contributed by atoms with Gasteiger partial charge < -0.3 is 4.42 Å². The molecule has 0 atom stereocenters. The second-order valence-corrected chi connectivity index (χ2v) is 5.50. The van der Waals surface area contributed by atoms with Crippen molar-refractivity contribution in [1.82, 2.24) is 0 Å². The zero-order valence-electron chi connectivity index (χ0n) is 7.95. The van der Waals surface area contributed by atoms with Gasteiger partial charge in [0.15, 0.2) is 4.67 Å². The number of benzene rings is 1. The minimum Gasteiger partial charge on any atom is -0.447 e. The Morgan fingerprint density at radius 2 is 1.75 bits per heavy atom. The number of halogens is 3. The molecule has 0 spiro atoms. The highest BCUT2D eigenvalue weighted by Gasteiger charge is 2.03. The van der Waals surface area contributed by atoms with Gasteiger partial charge in [0.25, 0.3) is 0 Å². The maximum absolute atomic E-state index is 5.37. The van der Waals surface area contributed by atoms with E-state index in [-0.39, 0.29) is 0 Å². The molecule has 0 fully saturated rings. The molecule has 82 valence electrons. The molecule has 16 heavy (non-hydrogen) atoms. The summed E-state index contributed by atoms with van der Waals surface area (Å²) in [6.45, 7) is 0. The van der Waals surface area contributed by atoms with Crippen LogP contribution in [0.15, 0.2) is 53.4 Å². The summed E-state index contributed by atoms with van der Waals surface area (Å²) in [7, 11) is 0. The first kappa shape index (κ1) is 12.1. The van der Waals surface area contributed by atoms with Crippen LogP contribution < -0.4 is 0 Å². The van der Waals surface area contributed by atoms with Crippen molar-refractivity contribution in [3.05, 3.63) is 49.7 Å². The van der Waals surface area contributed by atoms with Gasteiger partial charge in [0.2, 0.25) is 0 Å². The molecule has 0 bridgehead atoms. The van der Waals surface area contributed by atoms with Crippen LogP contribution in [0.25, 0.3) is 0 Å². The van der Waals surface area contributed by atoms with Crippen LogP contribution in [0.4, 0.5) is 5.69 Å². The highest BCUT2D eigenvalue weighted by atomic mass is 79.9. The summed E-state index contributed by atoms with van der Waals surface area (Å²) in [6, 6.07) is 9.59. The minimum absolute atomic E-state index is 0.671. The Morgan fingerprint density at radius 1 is 1.06 bits per heavy atom. The fourth-order valence-corrected chi connectivity index (χ4v) is 1.96. The van der Waals surface area contributed by atoms with E-state index in [0.29, 0.717) is 10.4 Å². The Kier molecular flexibility index (Phi) is 4.00. The second kappa shape index (κ2) is 5.29. The molecule has 2 aromatic rings. The highest BCUT2D eigenvalue weighted by Crippen LogP contribution is 2.26. The zero-order chi connectivity index (χ0) is 11.5. The first-order chi connectivity index (χ1) is 7.65. The van der Waals surface area contributed by atoms with Crippen molar-refractivity contribution in [3.63, 3.8) is 0 Å². The van der Waals surface area contributed by atoms with Crippen molar-refractivity contribution in [2.24, 2.45) is 4.99 Å². The standard InChI is InChI=1S/C11H6Br3NO/c12-7-1-3-8(4-2-7)15-6-9-5-10(13)11(14)16-9/h1-6H. The fraction of sp³-hybridized carbons (Fsp3) is 0. The molecule has 0 unspecified atom stereocenters. The lowest BCUT2D eigenvalue weighted by Gasteiger charge is -1.92. The van der Waals surface area contributed by atoms with Gasteiger partial charge in [-0.15, -0.1) is 0 Å². The molecule has 0 aliphatic heterocycles. The van der Waals surface area contributed by atoms with E-state index >= 15 is 0 Å². The lowest BCUT2D eigenvalue weighted by molar-refractivity contribution is 0.533. The molecule has 1 heterocycles. The van der Waals surface area contributed by atoms with Crippen LogP contribution in [-0.4, -0.2) is 6.21 Å². The predicted molar refractivity (Wildman–Crippen MR) is 75.5 cm³/mol. The minimum atomic E-state index is 0.671. The van der Waals surface area contributed by atoms with Gasteiger partial charge in [0, 0.05) is 10.5 Å². The quantitative estimate of drug-likeness (QED) is 0.619. The Labute approximate surface area is 118 Å². The van der Waals surface area contributed by atoms with Crippen molar-refractivity contribution in [2.75, 3.05) is 0 Å². The van der Waals surface area contributed by atoms with Gasteiger partial charge in [0.1, 0.15) is 5.76 Å². The zero-order valence-corrected chi connectivity index (χ0v) is 12.7. The Morgan fingerprint density at radius 3 is 2.31 bits per heavy atom. The molecule has 0 radical (unpaired) electrons. The summed E-state index contributed by atoms with van der Waals surface area (Å²) in [5.41, 5.74) is 0.881. The van der Waals surface area contributed by atoms with E-state index in [1.807, 2.05) is 30.3 Å². The summed E-state index contributed by atoms with van der Waals surface area (Å²) >= 11 is 9.99. The van der Waals surface area contributed by atoms with Crippen molar-refractivity contribution in [3.8, 4) is 0 Å². The van der Waals surface area contributed by atoms with E-state index in [2.05, 4.69) is 52.8 Å². The topological polar surface area (TPSA) is 25.5 Å². The molecule has 2 nitrogen and oxygen atoms in total. The molecule has 0 N–H and O–H groups in total. The predicted octanol–water partition coefficient (Wildman–Crippen LogP) is 5.32. The van der Waals surface area contributed by atoms with Crippen LogP contribution in [0.3, 0.4) is 0 Å². The maximum atomic E-state index is 5.37. The first-order valence-corrected chi connectivity index (χ1v) is 6.77. The molecule has 0 saturated carbocycles. The average Bonchev–Trinajstić information content (AvgIpc) is 2.58. The third kappa shape index (κ3) is 3.06. The molecule has 0 amide bonds. The second-order valence-electron chi connectivity index (χ2n) is 3.01. The average molecular weight is 408 g/mol. The lowest BCUT2D eigenvalue weighted by atomic mass is 10.3. The number of aliphatic imine (C=N–C) groups is 1. The molecule has 1 aromatic carbocycles. The summed E-state index contributed by atoms with van der Waals surface area (Å²) in [5.74, 6) is 0.696. The smallest absolute Gasteiger partial charge is 0.184 e. The summed E-state index contributed by atoms with van der Waals surface area (Å²) in [5, 5.41) is 0. The molecular weight excluding hydrogens is 402 g/mol. The molecule has 5 heteroatoms. The Hall–Kier alpha value is -0.390. The van der Waals surface area contributed by atoms with Crippen LogP contribution in [0, 0.1) is 0 Å². The van der Waals surface area contributed by atoms with E-state index in [1.165, 1.54) is 0 Å². The number of hydrogen-bond acceptors (Lipinski definition) is 2. The van der Waals surface area contributed by atoms with Gasteiger partial charge in [-0.05, 0) is 56.1 Å². The SMILES string of the molecule is Brc1ccc(N=Cc2cc(Br)c(Br)o2)cc1. The van der Waals surface area contributed by atoms with Crippen LogP contribution in [0.1, 0.15) is 5.76 Å². The molecule has 2 rings (SSSR count). The molecule has 0 saturated heterocycles.